The normalized spacial score (nSPS) is 14.5. The van der Waals surface area contributed by atoms with Crippen LogP contribution in [0.1, 0.15) is 40.4 Å². The Morgan fingerprint density at radius 2 is 1.65 bits per heavy atom. The van der Waals surface area contributed by atoms with Crippen molar-refractivity contribution < 1.29 is 9.59 Å². The summed E-state index contributed by atoms with van der Waals surface area (Å²) in [5.41, 5.74) is 2.98. The lowest BCUT2D eigenvalue weighted by atomic mass is 10.1. The van der Waals surface area contributed by atoms with E-state index >= 15 is 0 Å². The topological polar surface area (TPSA) is 83.4 Å². The largest absolute Gasteiger partial charge is 0.350 e. The third-order valence-corrected chi connectivity index (χ3v) is 6.10. The van der Waals surface area contributed by atoms with Gasteiger partial charge in [0.15, 0.2) is 0 Å². The van der Waals surface area contributed by atoms with Crippen molar-refractivity contribution in [3.63, 3.8) is 0 Å². The Labute approximate surface area is 199 Å². The van der Waals surface area contributed by atoms with Gasteiger partial charge >= 0.3 is 0 Å². The van der Waals surface area contributed by atoms with Gasteiger partial charge in [-0.15, -0.1) is 0 Å². The molecule has 1 aliphatic heterocycles. The highest BCUT2D eigenvalue weighted by molar-refractivity contribution is 5.95. The second-order valence-electron chi connectivity index (χ2n) is 8.68. The van der Waals surface area contributed by atoms with Crippen molar-refractivity contribution >= 4 is 17.5 Å². The summed E-state index contributed by atoms with van der Waals surface area (Å²) in [7, 11) is 0. The van der Waals surface area contributed by atoms with Gasteiger partial charge in [0.25, 0.3) is 11.5 Å². The van der Waals surface area contributed by atoms with Crippen molar-refractivity contribution in [2.75, 3.05) is 25.0 Å². The van der Waals surface area contributed by atoms with Gasteiger partial charge in [-0.1, -0.05) is 36.4 Å². The smallest absolute Gasteiger partial charge is 0.251 e. The molecule has 2 amide bonds. The fourth-order valence-corrected chi connectivity index (χ4v) is 4.31. The van der Waals surface area contributed by atoms with E-state index in [1.54, 1.807) is 36.5 Å². The highest BCUT2D eigenvalue weighted by Crippen LogP contribution is 2.24. The summed E-state index contributed by atoms with van der Waals surface area (Å²) in [4.78, 5) is 39.5. The van der Waals surface area contributed by atoms with E-state index in [2.05, 4.69) is 27.7 Å². The molecule has 0 bridgehead atoms. The third-order valence-electron chi connectivity index (χ3n) is 6.10. The summed E-state index contributed by atoms with van der Waals surface area (Å²) in [5, 5.41) is 5.85. The van der Waals surface area contributed by atoms with Gasteiger partial charge in [0.1, 0.15) is 6.54 Å². The van der Waals surface area contributed by atoms with Gasteiger partial charge in [-0.25, -0.2) is 0 Å². The molecule has 1 aromatic heterocycles. The Balaban J connectivity index is 1.34. The fraction of sp³-hybridized carbons (Fsp3) is 0.296. The van der Waals surface area contributed by atoms with E-state index in [0.717, 1.165) is 18.7 Å². The average molecular weight is 459 g/mol. The number of amides is 2. The van der Waals surface area contributed by atoms with E-state index in [9.17, 15) is 14.4 Å². The van der Waals surface area contributed by atoms with E-state index in [1.807, 2.05) is 25.1 Å². The predicted octanol–water partition coefficient (Wildman–Crippen LogP) is 3.36. The quantitative estimate of drug-likeness (QED) is 0.542. The molecule has 1 unspecified atom stereocenters. The Morgan fingerprint density at radius 1 is 0.941 bits per heavy atom. The molecule has 2 heterocycles. The van der Waals surface area contributed by atoms with Crippen LogP contribution in [0.4, 0.5) is 5.69 Å². The molecule has 0 spiro atoms. The summed E-state index contributed by atoms with van der Waals surface area (Å²) in [5.74, 6) is -0.453. The first-order valence-electron chi connectivity index (χ1n) is 11.6. The van der Waals surface area contributed by atoms with Crippen molar-refractivity contribution in [2.24, 2.45) is 0 Å². The molecule has 2 N–H and O–H groups in total. The van der Waals surface area contributed by atoms with E-state index < -0.39 is 0 Å². The molecule has 2 aromatic carbocycles. The number of carbonyl (C=O) groups excluding carboxylic acids is 2. The van der Waals surface area contributed by atoms with E-state index in [0.29, 0.717) is 17.8 Å². The molecule has 1 fully saturated rings. The molecule has 34 heavy (non-hydrogen) atoms. The zero-order chi connectivity index (χ0) is 23.9. The van der Waals surface area contributed by atoms with Gasteiger partial charge < -0.3 is 15.2 Å². The number of anilines is 1. The summed E-state index contributed by atoms with van der Waals surface area (Å²) < 4.78 is 1.37. The Morgan fingerprint density at radius 3 is 2.35 bits per heavy atom. The molecular weight excluding hydrogens is 428 g/mol. The van der Waals surface area contributed by atoms with Gasteiger partial charge in [-0.3, -0.25) is 19.3 Å². The minimum atomic E-state index is -0.304. The maximum absolute atomic E-state index is 12.8. The Hall–Kier alpha value is -3.71. The minimum absolute atomic E-state index is 0.0693. The van der Waals surface area contributed by atoms with Crippen LogP contribution in [0.25, 0.3) is 0 Å². The molecule has 0 radical (unpaired) electrons. The number of carbonyl (C=O) groups is 2. The number of pyridine rings is 1. The lowest BCUT2D eigenvalue weighted by Gasteiger charge is -2.28. The van der Waals surface area contributed by atoms with Crippen LogP contribution < -0.4 is 16.2 Å². The van der Waals surface area contributed by atoms with Crippen LogP contribution in [-0.2, 0) is 11.3 Å². The van der Waals surface area contributed by atoms with Crippen molar-refractivity contribution in [2.45, 2.75) is 32.4 Å². The Bertz CT molecular complexity index is 1180. The number of aryl methyl sites for hydroxylation is 1. The van der Waals surface area contributed by atoms with Crippen molar-refractivity contribution in [1.29, 1.82) is 0 Å². The SMILES string of the molecule is Cc1ccc(=O)n(CC(=O)Nc2ccc(C(=O)NCC(c3ccccc3)N3CCCC3)cc2)c1. The first-order valence-corrected chi connectivity index (χ1v) is 11.6. The predicted molar refractivity (Wildman–Crippen MR) is 133 cm³/mol. The first-order chi connectivity index (χ1) is 16.5. The van der Waals surface area contributed by atoms with Crippen LogP contribution in [0.3, 0.4) is 0 Å². The monoisotopic (exact) mass is 458 g/mol. The zero-order valence-electron chi connectivity index (χ0n) is 19.4. The zero-order valence-corrected chi connectivity index (χ0v) is 19.4. The van der Waals surface area contributed by atoms with E-state index in [1.165, 1.54) is 29.0 Å². The maximum Gasteiger partial charge on any atom is 0.251 e. The second kappa shape index (κ2) is 10.9. The average Bonchev–Trinajstić information content (AvgIpc) is 3.37. The minimum Gasteiger partial charge on any atom is -0.350 e. The van der Waals surface area contributed by atoms with Crippen LogP contribution in [0.5, 0.6) is 0 Å². The summed E-state index contributed by atoms with van der Waals surface area (Å²) in [6, 6.07) is 20.4. The molecule has 176 valence electrons. The number of nitrogens with one attached hydrogen (secondary N) is 2. The number of rotatable bonds is 8. The van der Waals surface area contributed by atoms with Gasteiger partial charge in [-0.2, -0.15) is 0 Å². The summed E-state index contributed by atoms with van der Waals surface area (Å²) >= 11 is 0. The Kier molecular flexibility index (Phi) is 7.54. The fourth-order valence-electron chi connectivity index (χ4n) is 4.31. The van der Waals surface area contributed by atoms with Gasteiger partial charge in [-0.05, 0) is 68.2 Å². The lowest BCUT2D eigenvalue weighted by Crippen LogP contribution is -2.36. The summed E-state index contributed by atoms with van der Waals surface area (Å²) in [6.07, 6.45) is 4.02. The number of hydrogen-bond donors (Lipinski definition) is 2. The number of benzene rings is 2. The van der Waals surface area contributed by atoms with Crippen molar-refractivity contribution in [1.82, 2.24) is 14.8 Å². The van der Waals surface area contributed by atoms with Crippen molar-refractivity contribution in [3.8, 4) is 0 Å². The molecule has 7 heteroatoms. The molecule has 0 aliphatic carbocycles. The maximum atomic E-state index is 12.8. The van der Waals surface area contributed by atoms with E-state index in [4.69, 9.17) is 0 Å². The lowest BCUT2D eigenvalue weighted by molar-refractivity contribution is -0.116. The molecule has 3 aromatic rings. The number of aromatic nitrogens is 1. The van der Waals surface area contributed by atoms with Crippen LogP contribution in [0.2, 0.25) is 0 Å². The number of likely N-dealkylation sites (tertiary alicyclic amines) is 1. The second-order valence-corrected chi connectivity index (χ2v) is 8.68. The number of nitrogens with zero attached hydrogens (tertiary/aromatic N) is 2. The molecule has 7 nitrogen and oxygen atoms in total. The number of hydrogen-bond acceptors (Lipinski definition) is 4. The van der Waals surface area contributed by atoms with Crippen LogP contribution >= 0.6 is 0 Å². The van der Waals surface area contributed by atoms with Crippen LogP contribution in [0.15, 0.2) is 77.7 Å². The molecule has 1 atom stereocenters. The van der Waals surface area contributed by atoms with Gasteiger partial charge in [0.2, 0.25) is 5.91 Å². The van der Waals surface area contributed by atoms with Gasteiger partial charge in [0, 0.05) is 30.1 Å². The molecule has 0 saturated carbocycles. The highest BCUT2D eigenvalue weighted by atomic mass is 16.2. The molecule has 1 aliphatic rings. The third kappa shape index (κ3) is 5.99. The molecule has 4 rings (SSSR count). The highest BCUT2D eigenvalue weighted by Gasteiger charge is 2.24. The first kappa shape index (κ1) is 23.4. The standard InChI is InChI=1S/C27H30N4O3/c1-20-9-14-26(33)31(18-20)19-25(32)29-23-12-10-22(11-13-23)27(34)28-17-24(30-15-5-6-16-30)21-7-3-2-4-8-21/h2-4,7-14,18,24H,5-6,15-17,19H2,1H3,(H,28,34)(H,29,32). The van der Waals surface area contributed by atoms with Gasteiger partial charge in [0.05, 0.1) is 6.04 Å². The molecular formula is C27H30N4O3. The molecule has 1 saturated heterocycles. The van der Waals surface area contributed by atoms with Crippen LogP contribution in [0, 0.1) is 6.92 Å². The van der Waals surface area contributed by atoms with Crippen molar-refractivity contribution in [3.05, 3.63) is 100.0 Å². The summed E-state index contributed by atoms with van der Waals surface area (Å²) in [6.45, 7) is 4.41. The van der Waals surface area contributed by atoms with E-state index in [-0.39, 0.29) is 30.0 Å². The van der Waals surface area contributed by atoms with Crippen LogP contribution in [-0.4, -0.2) is 40.9 Å².